The molecule has 0 aliphatic heterocycles. The number of rotatable bonds is 3. The summed E-state index contributed by atoms with van der Waals surface area (Å²) in [6.45, 7) is 4.19. The Morgan fingerprint density at radius 1 is 1.53 bits per heavy atom. The van der Waals surface area contributed by atoms with Crippen LogP contribution in [0.3, 0.4) is 0 Å². The third kappa shape index (κ3) is 2.16. The minimum atomic E-state index is -0.296. The first-order valence-corrected chi connectivity index (χ1v) is 5.28. The molecule has 4 nitrogen and oxygen atoms in total. The SMILES string of the molecule is CCC(C)c1nc(C2(N)CCC2)no1.Cl. The van der Waals surface area contributed by atoms with E-state index in [0.717, 1.165) is 25.2 Å². The van der Waals surface area contributed by atoms with Gasteiger partial charge in [-0.3, -0.25) is 0 Å². The number of nitrogens with two attached hydrogens (primary N) is 1. The molecule has 1 saturated carbocycles. The Balaban J connectivity index is 0.00000112. The zero-order valence-corrected chi connectivity index (χ0v) is 10.0. The van der Waals surface area contributed by atoms with Gasteiger partial charge in [-0.2, -0.15) is 4.98 Å². The Bertz CT molecular complexity index is 322. The van der Waals surface area contributed by atoms with Gasteiger partial charge in [0.1, 0.15) is 0 Å². The summed E-state index contributed by atoms with van der Waals surface area (Å²) in [5.41, 5.74) is 5.80. The minimum absolute atomic E-state index is 0. The van der Waals surface area contributed by atoms with Crippen molar-refractivity contribution in [2.75, 3.05) is 0 Å². The van der Waals surface area contributed by atoms with Crippen molar-refractivity contribution in [2.24, 2.45) is 5.73 Å². The number of hydrogen-bond acceptors (Lipinski definition) is 4. The lowest BCUT2D eigenvalue weighted by Gasteiger charge is -2.34. The number of halogens is 1. The molecule has 2 N–H and O–H groups in total. The quantitative estimate of drug-likeness (QED) is 0.867. The van der Waals surface area contributed by atoms with Crippen LogP contribution in [-0.4, -0.2) is 10.1 Å². The van der Waals surface area contributed by atoms with Crippen LogP contribution in [0.25, 0.3) is 0 Å². The van der Waals surface area contributed by atoms with Crippen LogP contribution in [0.1, 0.15) is 57.2 Å². The van der Waals surface area contributed by atoms with Crippen molar-refractivity contribution >= 4 is 12.4 Å². The molecule has 0 spiro atoms. The molecular weight excluding hydrogens is 214 g/mol. The van der Waals surface area contributed by atoms with Gasteiger partial charge in [0, 0.05) is 5.92 Å². The van der Waals surface area contributed by atoms with E-state index in [9.17, 15) is 0 Å². The van der Waals surface area contributed by atoms with Gasteiger partial charge in [-0.1, -0.05) is 19.0 Å². The topological polar surface area (TPSA) is 64.9 Å². The maximum Gasteiger partial charge on any atom is 0.229 e. The van der Waals surface area contributed by atoms with E-state index >= 15 is 0 Å². The average molecular weight is 232 g/mol. The van der Waals surface area contributed by atoms with Crippen LogP contribution in [0.15, 0.2) is 4.52 Å². The van der Waals surface area contributed by atoms with E-state index in [4.69, 9.17) is 10.3 Å². The van der Waals surface area contributed by atoms with Gasteiger partial charge >= 0.3 is 0 Å². The van der Waals surface area contributed by atoms with Gasteiger partial charge in [-0.15, -0.1) is 12.4 Å². The second kappa shape index (κ2) is 4.49. The zero-order chi connectivity index (χ0) is 10.2. The molecule has 1 heterocycles. The number of aromatic nitrogens is 2. The van der Waals surface area contributed by atoms with Crippen molar-refractivity contribution in [3.8, 4) is 0 Å². The first-order chi connectivity index (χ1) is 6.65. The normalized spacial score (nSPS) is 20.2. The third-order valence-electron chi connectivity index (χ3n) is 3.17. The fourth-order valence-electron chi connectivity index (χ4n) is 1.59. The van der Waals surface area contributed by atoms with Crippen LogP contribution in [0.2, 0.25) is 0 Å². The van der Waals surface area contributed by atoms with Crippen LogP contribution >= 0.6 is 12.4 Å². The predicted molar refractivity (Wildman–Crippen MR) is 60.0 cm³/mol. The summed E-state index contributed by atoms with van der Waals surface area (Å²) in [7, 11) is 0. The summed E-state index contributed by atoms with van der Waals surface area (Å²) in [6.07, 6.45) is 4.14. The molecule has 2 rings (SSSR count). The van der Waals surface area contributed by atoms with Crippen LogP contribution < -0.4 is 5.73 Å². The molecule has 1 aliphatic carbocycles. The summed E-state index contributed by atoms with van der Waals surface area (Å²) >= 11 is 0. The highest BCUT2D eigenvalue weighted by atomic mass is 35.5. The lowest BCUT2D eigenvalue weighted by Crippen LogP contribution is -2.44. The number of hydrogen-bond donors (Lipinski definition) is 1. The maximum absolute atomic E-state index is 6.09. The molecule has 1 aromatic heterocycles. The van der Waals surface area contributed by atoms with Gasteiger partial charge in [-0.25, -0.2) is 0 Å². The molecule has 1 atom stereocenters. The number of nitrogens with zero attached hydrogens (tertiary/aromatic N) is 2. The molecule has 86 valence electrons. The van der Waals surface area contributed by atoms with Crippen LogP contribution in [-0.2, 0) is 5.54 Å². The lowest BCUT2D eigenvalue weighted by molar-refractivity contribution is 0.228. The molecule has 1 aromatic rings. The van der Waals surface area contributed by atoms with E-state index in [1.807, 2.05) is 0 Å². The summed E-state index contributed by atoms with van der Waals surface area (Å²) in [6, 6.07) is 0. The Morgan fingerprint density at radius 2 is 2.20 bits per heavy atom. The third-order valence-corrected chi connectivity index (χ3v) is 3.17. The molecular formula is C10H18ClN3O. The summed E-state index contributed by atoms with van der Waals surface area (Å²) in [4.78, 5) is 4.37. The Hall–Kier alpha value is -0.610. The van der Waals surface area contributed by atoms with Gasteiger partial charge in [0.2, 0.25) is 5.89 Å². The summed E-state index contributed by atoms with van der Waals surface area (Å²) in [5.74, 6) is 1.75. The molecule has 1 aliphatic rings. The smallest absolute Gasteiger partial charge is 0.229 e. The van der Waals surface area contributed by atoms with Crippen molar-refractivity contribution in [1.29, 1.82) is 0 Å². The molecule has 0 aromatic carbocycles. The van der Waals surface area contributed by atoms with E-state index < -0.39 is 0 Å². The highest BCUT2D eigenvalue weighted by Gasteiger charge is 2.39. The fraction of sp³-hybridized carbons (Fsp3) is 0.800. The highest BCUT2D eigenvalue weighted by Crippen LogP contribution is 2.37. The van der Waals surface area contributed by atoms with Crippen LogP contribution in [0.5, 0.6) is 0 Å². The van der Waals surface area contributed by atoms with E-state index in [-0.39, 0.29) is 17.9 Å². The van der Waals surface area contributed by atoms with Gasteiger partial charge in [0.05, 0.1) is 5.54 Å². The van der Waals surface area contributed by atoms with Gasteiger partial charge in [0.15, 0.2) is 5.82 Å². The van der Waals surface area contributed by atoms with E-state index in [2.05, 4.69) is 24.0 Å². The second-order valence-electron chi connectivity index (χ2n) is 4.28. The van der Waals surface area contributed by atoms with Crippen molar-refractivity contribution < 1.29 is 4.52 Å². The van der Waals surface area contributed by atoms with Gasteiger partial charge < -0.3 is 10.3 Å². The fourth-order valence-corrected chi connectivity index (χ4v) is 1.59. The lowest BCUT2D eigenvalue weighted by atomic mass is 9.77. The van der Waals surface area contributed by atoms with Crippen LogP contribution in [0.4, 0.5) is 0 Å². The molecule has 15 heavy (non-hydrogen) atoms. The molecule has 0 radical (unpaired) electrons. The van der Waals surface area contributed by atoms with Crippen molar-refractivity contribution in [1.82, 2.24) is 10.1 Å². The first-order valence-electron chi connectivity index (χ1n) is 5.28. The van der Waals surface area contributed by atoms with Crippen molar-refractivity contribution in [2.45, 2.75) is 51.0 Å². The predicted octanol–water partition coefficient (Wildman–Crippen LogP) is 2.34. The second-order valence-corrected chi connectivity index (χ2v) is 4.28. The zero-order valence-electron chi connectivity index (χ0n) is 9.19. The summed E-state index contributed by atoms with van der Waals surface area (Å²) in [5, 5.41) is 3.97. The molecule has 0 amide bonds. The van der Waals surface area contributed by atoms with Gasteiger partial charge in [-0.05, 0) is 25.7 Å². The molecule has 1 fully saturated rings. The van der Waals surface area contributed by atoms with E-state index in [1.165, 1.54) is 6.42 Å². The standard InChI is InChI=1S/C10H17N3O.ClH/c1-3-7(2)8-12-9(13-14-8)10(11)5-4-6-10;/h7H,3-6,11H2,1-2H3;1H. The van der Waals surface area contributed by atoms with E-state index in [1.54, 1.807) is 0 Å². The minimum Gasteiger partial charge on any atom is -0.339 e. The highest BCUT2D eigenvalue weighted by molar-refractivity contribution is 5.85. The molecule has 5 heteroatoms. The monoisotopic (exact) mass is 231 g/mol. The van der Waals surface area contributed by atoms with Crippen molar-refractivity contribution in [3.63, 3.8) is 0 Å². The maximum atomic E-state index is 6.09. The van der Waals surface area contributed by atoms with Crippen molar-refractivity contribution in [3.05, 3.63) is 11.7 Å². The Labute approximate surface area is 96.0 Å². The molecule has 0 saturated heterocycles. The average Bonchev–Trinajstić information content (AvgIpc) is 2.62. The molecule has 1 unspecified atom stereocenters. The Kier molecular flexibility index (Phi) is 3.73. The van der Waals surface area contributed by atoms with Gasteiger partial charge in [0.25, 0.3) is 0 Å². The molecule has 0 bridgehead atoms. The van der Waals surface area contributed by atoms with E-state index in [0.29, 0.717) is 11.7 Å². The van der Waals surface area contributed by atoms with Crippen LogP contribution in [0, 0.1) is 0 Å². The first kappa shape index (κ1) is 12.5. The summed E-state index contributed by atoms with van der Waals surface area (Å²) < 4.78 is 5.20. The largest absolute Gasteiger partial charge is 0.339 e. The Morgan fingerprint density at radius 3 is 2.67 bits per heavy atom.